The third-order valence-electron chi connectivity index (χ3n) is 18.4. The minimum Gasteiger partial charge on any atom is -0.390 e. The molecule has 11 heteroatoms. The van der Waals surface area contributed by atoms with Gasteiger partial charge in [0.2, 0.25) is 0 Å². The van der Waals surface area contributed by atoms with Gasteiger partial charge in [0.05, 0.1) is 46.5 Å². The van der Waals surface area contributed by atoms with Crippen LogP contribution in [-0.2, 0) is 16.1 Å². The van der Waals surface area contributed by atoms with Gasteiger partial charge in [-0.3, -0.25) is 19.4 Å². The molecule has 2 heterocycles. The Kier molecular flexibility index (Phi) is 13.6. The molecule has 2 aromatic rings. The summed E-state index contributed by atoms with van der Waals surface area (Å²) in [6, 6.07) is 3.97. The molecule has 0 amide bonds. The van der Waals surface area contributed by atoms with Crippen molar-refractivity contribution in [2.75, 3.05) is 5.28 Å². The summed E-state index contributed by atoms with van der Waals surface area (Å²) >= 11 is 2.90. The Morgan fingerprint density at radius 3 is 1.65 bits per heavy atom. The Morgan fingerprint density at radius 1 is 0.730 bits per heavy atom. The van der Waals surface area contributed by atoms with Crippen LogP contribution in [0.5, 0.6) is 0 Å². The highest BCUT2D eigenvalue weighted by molar-refractivity contribution is 9.09. The average molecular weight is 936 g/mol. The Bertz CT molecular complexity index is 2170. The molecule has 8 saturated carbocycles. The van der Waals surface area contributed by atoms with Crippen LogP contribution in [0.25, 0.3) is 0 Å². The molecule has 0 aromatic carbocycles. The largest absolute Gasteiger partial charge is 0.390 e. The van der Waals surface area contributed by atoms with Crippen molar-refractivity contribution >= 4 is 27.5 Å². The van der Waals surface area contributed by atoms with Gasteiger partial charge in [-0.2, -0.15) is 20.7 Å². The summed E-state index contributed by atoms with van der Waals surface area (Å²) in [5.74, 6) is 3.02. The molecule has 2 aromatic heterocycles. The van der Waals surface area contributed by atoms with Crippen molar-refractivity contribution in [2.24, 2.45) is 81.8 Å². The zero-order valence-electron chi connectivity index (χ0n) is 40.8. The summed E-state index contributed by atoms with van der Waals surface area (Å²) in [6.45, 7) is 8.39. The van der Waals surface area contributed by atoms with E-state index in [1.54, 1.807) is 12.4 Å². The Hall–Kier alpha value is -2.86. The van der Waals surface area contributed by atoms with Gasteiger partial charge in [0.1, 0.15) is 17.9 Å². The summed E-state index contributed by atoms with van der Waals surface area (Å²) < 4.78 is 35.6. The highest BCUT2D eigenvalue weighted by atomic mass is 79.9. The van der Waals surface area contributed by atoms with Crippen LogP contribution >= 0.6 is 15.9 Å². The number of halogens is 1. The highest BCUT2D eigenvalue weighted by Crippen LogP contribution is 2.66. The number of alkyl halides is 1. The molecule has 348 valence electrons. The molecular weight excluding hydrogens is 853 g/mol. The molecule has 3 N–H and O–H groups in total. The maximum atomic E-state index is 13.4. The van der Waals surface area contributed by atoms with Crippen molar-refractivity contribution in [1.82, 2.24) is 20.0 Å². The molecule has 0 saturated heterocycles. The number of fused-ring (bicyclic) bond motifs is 10. The normalized spacial score (nSPS) is 46.4. The molecule has 0 bridgehead atoms. The van der Waals surface area contributed by atoms with E-state index in [1.807, 2.05) is 19.9 Å². The van der Waals surface area contributed by atoms with Crippen LogP contribution in [0.3, 0.4) is 0 Å². The van der Waals surface area contributed by atoms with E-state index < -0.39 is 39.5 Å². The standard InChI is InChI=1S/C25H35N3O2.C21H33BrO2.C4H3N3.2CH4/c1-24(30)9-7-18-17(11-24)3-4-20-19(18)8-10-25(2)21(20)5-6-22(25)23(29)15-28-14-16(12-26)13-27-28;1-20(24)9-7-14-13(11-20)3-4-16-15(14)8-10-21(2)17(16)5-6-18(21)19(23)12-22;5-1-4-2-6-7-3-4;;/h13-14,17-22,30H,3-11,15H2,1-2H3;13-18,24H,3-12H2,1-2H3;2-3H,(H,6,7);2*1H4/t17-,18+,19-,20-,21+,22-,24-,25+;13-,14+,15-,16-,17+,18-,20-,21+;;;/m11.../s1/i22D;12D2,18D;;;. The number of carbonyl (C=O) groups excluding carboxylic acids is 2. The molecular formula is C52H79BrN6O4. The number of H-pyrrole nitrogens is 1. The molecule has 10 nitrogen and oxygen atoms in total. The second-order valence-corrected chi connectivity index (χ2v) is 22.2. The Balaban J connectivity index is 0.000000189. The summed E-state index contributed by atoms with van der Waals surface area (Å²) in [5, 5.41) is 46.3. The van der Waals surface area contributed by atoms with E-state index >= 15 is 0 Å². The first-order valence-corrected chi connectivity index (χ1v) is 24.3. The molecule has 8 fully saturated rings. The first-order valence-electron chi connectivity index (χ1n) is 25.5. The molecule has 10 rings (SSSR count). The number of nitrogens with zero attached hydrogens (tertiary/aromatic N) is 5. The third kappa shape index (κ3) is 9.69. The second kappa shape index (κ2) is 19.5. The lowest BCUT2D eigenvalue weighted by molar-refractivity contribution is -0.133. The lowest BCUT2D eigenvalue weighted by atomic mass is 9.49. The van der Waals surface area contributed by atoms with Crippen LogP contribution in [0.1, 0.15) is 175 Å². The molecule has 63 heavy (non-hydrogen) atoms. The van der Waals surface area contributed by atoms with Crippen LogP contribution in [-0.4, -0.2) is 58.2 Å². The maximum absolute atomic E-state index is 13.4. The molecule has 0 spiro atoms. The number of carbonyl (C=O) groups is 2. The van der Waals surface area contributed by atoms with Gasteiger partial charge < -0.3 is 10.2 Å². The number of hydrogen-bond acceptors (Lipinski definition) is 8. The third-order valence-corrected chi connectivity index (χ3v) is 18.8. The summed E-state index contributed by atoms with van der Waals surface area (Å²) in [5.41, 5.74) is -0.672. The summed E-state index contributed by atoms with van der Waals surface area (Å²) in [6.07, 6.45) is 23.7. The highest BCUT2D eigenvalue weighted by Gasteiger charge is 2.60. The second-order valence-electron chi connectivity index (χ2n) is 21.8. The van der Waals surface area contributed by atoms with Crippen LogP contribution in [0, 0.1) is 104 Å². The molecule has 0 radical (unpaired) electrons. The van der Waals surface area contributed by atoms with E-state index in [-0.39, 0.29) is 32.6 Å². The average Bonchev–Trinajstić information content (AvgIpc) is 4.06. The van der Waals surface area contributed by atoms with Crippen LogP contribution in [0.15, 0.2) is 24.8 Å². The number of aromatic nitrogens is 4. The van der Waals surface area contributed by atoms with Crippen molar-refractivity contribution in [3.63, 3.8) is 0 Å². The lowest BCUT2D eigenvalue weighted by Gasteiger charge is -2.56. The number of Topliss-reactive ketones (excluding diaryl/α,β-unsaturated/α-hetero) is 2. The monoisotopic (exact) mass is 935 g/mol. The quantitative estimate of drug-likeness (QED) is 0.249. The van der Waals surface area contributed by atoms with Crippen molar-refractivity contribution in [2.45, 2.75) is 176 Å². The van der Waals surface area contributed by atoms with Gasteiger partial charge in [0.15, 0.2) is 5.78 Å². The van der Waals surface area contributed by atoms with Gasteiger partial charge in [-0.05, 0) is 199 Å². The topological polar surface area (TPSA) is 169 Å². The van der Waals surface area contributed by atoms with E-state index in [0.717, 1.165) is 89.9 Å². The number of nitrogens with one attached hydrogen (secondary N) is 1. The van der Waals surface area contributed by atoms with Gasteiger partial charge in [-0.25, -0.2) is 0 Å². The van der Waals surface area contributed by atoms with Crippen molar-refractivity contribution in [3.05, 3.63) is 35.9 Å². The van der Waals surface area contributed by atoms with Crippen molar-refractivity contribution in [1.29, 1.82) is 10.5 Å². The number of aliphatic hydroxyl groups is 2. The number of aromatic amines is 1. The predicted octanol–water partition coefficient (Wildman–Crippen LogP) is 10.9. The Labute approximate surface area is 392 Å². The van der Waals surface area contributed by atoms with E-state index in [4.69, 9.17) is 14.6 Å². The van der Waals surface area contributed by atoms with Gasteiger partial charge in [0, 0.05) is 29.7 Å². The minimum absolute atomic E-state index is 0. The fourth-order valence-electron chi connectivity index (χ4n) is 15.7. The van der Waals surface area contributed by atoms with Gasteiger partial charge >= 0.3 is 0 Å². The summed E-state index contributed by atoms with van der Waals surface area (Å²) in [4.78, 5) is 26.3. The van der Waals surface area contributed by atoms with E-state index in [0.29, 0.717) is 83.1 Å². The maximum Gasteiger partial charge on any atom is 0.157 e. The SMILES string of the molecule is C.C.N#Cc1cn[nH]c1.[2H]C([2H])(Br)C(=O)[C@@]1([2H])CC[C@H]2[C@@H]3CC[C@@H]4C[C@](C)(O)CC[C@@H]4[C@H]3CC[C@@]21C.[2H][C@]1(C(=O)Cn2cc(C#N)cn2)CC[C@H]2[C@@H]3CC[C@@H]4C[C@](C)(O)CC[C@@H]4[C@H]3CC[C@@]21C. The fourth-order valence-corrected chi connectivity index (χ4v) is 16.0. The van der Waals surface area contributed by atoms with Crippen LogP contribution in [0.4, 0.5) is 0 Å². The number of rotatable bonds is 5. The zero-order valence-corrected chi connectivity index (χ0v) is 38.4. The Morgan fingerprint density at radius 2 is 1.22 bits per heavy atom. The van der Waals surface area contributed by atoms with Gasteiger partial charge in [-0.15, -0.1) is 0 Å². The van der Waals surface area contributed by atoms with Crippen molar-refractivity contribution < 1.29 is 25.3 Å². The van der Waals surface area contributed by atoms with Crippen LogP contribution < -0.4 is 0 Å². The number of nitriles is 2. The fraction of sp³-hybridized carbons (Fsp3) is 0.808. The first-order chi connectivity index (χ1) is 30.5. The lowest BCUT2D eigenvalue weighted by Crippen LogP contribution is -2.51. The van der Waals surface area contributed by atoms with Crippen LogP contribution in [0.2, 0.25) is 0 Å². The molecule has 16 atom stereocenters. The molecule has 0 aliphatic heterocycles. The molecule has 8 aliphatic carbocycles. The molecule has 8 aliphatic rings. The van der Waals surface area contributed by atoms with E-state index in [9.17, 15) is 21.2 Å². The van der Waals surface area contributed by atoms with Gasteiger partial charge in [-0.1, -0.05) is 44.6 Å². The van der Waals surface area contributed by atoms with Crippen molar-refractivity contribution in [3.8, 4) is 12.1 Å². The van der Waals surface area contributed by atoms with E-state index in [2.05, 4.69) is 51.1 Å². The molecule has 0 unspecified atom stereocenters. The van der Waals surface area contributed by atoms with E-state index in [1.165, 1.54) is 29.9 Å². The number of ketones is 2. The minimum atomic E-state index is -2.11. The first kappa shape index (κ1) is 44.0. The van der Waals surface area contributed by atoms with Gasteiger partial charge in [0.25, 0.3) is 0 Å². The smallest absolute Gasteiger partial charge is 0.157 e. The number of hydrogen-bond donors (Lipinski definition) is 3. The predicted molar refractivity (Wildman–Crippen MR) is 250 cm³/mol. The zero-order chi connectivity index (χ0) is 47.0. The summed E-state index contributed by atoms with van der Waals surface area (Å²) in [7, 11) is 0.